The van der Waals surface area contributed by atoms with Gasteiger partial charge in [0.15, 0.2) is 10.8 Å². The van der Waals surface area contributed by atoms with Crippen LogP contribution in [0.4, 0.5) is 0 Å². The predicted molar refractivity (Wildman–Crippen MR) is 145 cm³/mol. The molecule has 0 radical (unpaired) electrons. The second-order valence-corrected chi connectivity index (χ2v) is 10.7. The molecule has 1 aromatic carbocycles. The molecule has 0 saturated carbocycles. The van der Waals surface area contributed by atoms with Crippen LogP contribution in [0.3, 0.4) is 0 Å². The second kappa shape index (κ2) is 12.6. The Morgan fingerprint density at radius 3 is 2.69 bits per heavy atom. The van der Waals surface area contributed by atoms with E-state index in [1.807, 2.05) is 17.5 Å². The number of carbonyl (C=O) groups excluding carboxylic acids is 2. The average molecular weight is 511 g/mol. The predicted octanol–water partition coefficient (Wildman–Crippen LogP) is 4.30. The van der Waals surface area contributed by atoms with E-state index in [1.54, 1.807) is 24.5 Å². The number of hydrogen-bond donors (Lipinski definition) is 2. The number of rotatable bonds is 12. The van der Waals surface area contributed by atoms with Gasteiger partial charge in [0, 0.05) is 31.1 Å². The number of nitrogens with two attached hydrogens (primary N) is 1. The minimum atomic E-state index is -0.575. The third-order valence-electron chi connectivity index (χ3n) is 6.90. The second-order valence-electron chi connectivity index (χ2n) is 9.79. The molecule has 1 aliphatic rings. The third kappa shape index (κ3) is 6.57. The zero-order valence-electron chi connectivity index (χ0n) is 21.4. The van der Waals surface area contributed by atoms with E-state index < -0.39 is 12.1 Å². The minimum Gasteiger partial charge on any atom is -0.348 e. The lowest BCUT2D eigenvalue weighted by molar-refractivity contribution is -0.123. The maximum Gasteiger partial charge on any atom is 0.237 e. The third-order valence-corrected chi connectivity index (χ3v) is 7.67. The molecule has 3 heterocycles. The summed E-state index contributed by atoms with van der Waals surface area (Å²) in [6, 6.07) is 5.04. The normalized spacial score (nSPS) is 16.2. The number of nitrogens with one attached hydrogen (secondary N) is 1. The van der Waals surface area contributed by atoms with Crippen molar-refractivity contribution in [3.63, 3.8) is 0 Å². The van der Waals surface area contributed by atoms with E-state index in [0.29, 0.717) is 6.42 Å². The fourth-order valence-electron chi connectivity index (χ4n) is 4.89. The number of benzene rings is 1. The monoisotopic (exact) mass is 510 g/mol. The molecular formula is C27H38N6O2S. The highest BCUT2D eigenvalue weighted by Crippen LogP contribution is 2.29. The van der Waals surface area contributed by atoms with Crippen LogP contribution in [0, 0.1) is 0 Å². The Bertz CT molecular complexity index is 1150. The summed E-state index contributed by atoms with van der Waals surface area (Å²) < 4.78 is 2.26. The maximum atomic E-state index is 12.7. The fraction of sp³-hybridized carbons (Fsp3) is 0.556. The Balaban J connectivity index is 1.62. The number of imidazole rings is 1. The molecule has 2 aromatic heterocycles. The summed E-state index contributed by atoms with van der Waals surface area (Å²) in [6.45, 7) is 7.73. The molecule has 2 atom stereocenters. The summed E-state index contributed by atoms with van der Waals surface area (Å²) in [5.41, 5.74) is 8.84. The van der Waals surface area contributed by atoms with Crippen LogP contribution in [0.2, 0.25) is 0 Å². The number of aromatic nitrogens is 3. The highest BCUT2D eigenvalue weighted by atomic mass is 32.1. The summed E-state index contributed by atoms with van der Waals surface area (Å²) in [4.78, 5) is 36.8. The van der Waals surface area contributed by atoms with Crippen LogP contribution in [0.5, 0.6) is 0 Å². The summed E-state index contributed by atoms with van der Waals surface area (Å²) in [5.74, 6) is 0.659. The number of fused-ring (bicyclic) bond motifs is 1. The van der Waals surface area contributed by atoms with Crippen molar-refractivity contribution >= 4 is 34.1 Å². The van der Waals surface area contributed by atoms with Gasteiger partial charge in [-0.3, -0.25) is 9.59 Å². The van der Waals surface area contributed by atoms with Crippen molar-refractivity contribution in [3.05, 3.63) is 35.3 Å². The van der Waals surface area contributed by atoms with E-state index in [9.17, 15) is 9.59 Å². The van der Waals surface area contributed by atoms with Gasteiger partial charge in [-0.05, 0) is 57.0 Å². The molecule has 3 N–H and O–H groups in total. The number of nitrogens with zero attached hydrogens (tertiary/aromatic N) is 4. The highest BCUT2D eigenvalue weighted by molar-refractivity contribution is 7.13. The zero-order valence-corrected chi connectivity index (χ0v) is 22.2. The molecule has 1 saturated heterocycles. The molecule has 3 aromatic rings. The average Bonchev–Trinajstić information content (AvgIpc) is 3.53. The van der Waals surface area contributed by atoms with Crippen LogP contribution >= 0.6 is 11.3 Å². The number of likely N-dealkylation sites (tertiary alicyclic amines) is 1. The zero-order chi connectivity index (χ0) is 25.5. The van der Waals surface area contributed by atoms with Crippen molar-refractivity contribution in [2.24, 2.45) is 5.73 Å². The van der Waals surface area contributed by atoms with Gasteiger partial charge in [-0.1, -0.05) is 32.3 Å². The number of ketones is 1. The number of carbonyl (C=O) groups is 2. The van der Waals surface area contributed by atoms with Crippen LogP contribution < -0.4 is 11.1 Å². The number of thiazole rings is 1. The summed E-state index contributed by atoms with van der Waals surface area (Å²) in [5, 5.41) is 5.88. The fourth-order valence-corrected chi connectivity index (χ4v) is 5.52. The highest BCUT2D eigenvalue weighted by Gasteiger charge is 2.23. The van der Waals surface area contributed by atoms with E-state index >= 15 is 0 Å². The van der Waals surface area contributed by atoms with Crippen LogP contribution in [0.1, 0.15) is 70.4 Å². The van der Waals surface area contributed by atoms with Gasteiger partial charge < -0.3 is 20.5 Å². The Morgan fingerprint density at radius 1 is 1.19 bits per heavy atom. The number of unbranched alkanes of at least 4 members (excludes halogenated alkanes) is 1. The maximum absolute atomic E-state index is 12.7. The summed E-state index contributed by atoms with van der Waals surface area (Å²) >= 11 is 1.58. The van der Waals surface area contributed by atoms with Gasteiger partial charge in [-0.2, -0.15) is 0 Å². The van der Waals surface area contributed by atoms with Crippen molar-refractivity contribution in [1.29, 1.82) is 0 Å². The summed E-state index contributed by atoms with van der Waals surface area (Å²) in [7, 11) is 0. The van der Waals surface area contributed by atoms with E-state index in [0.717, 1.165) is 66.4 Å². The summed E-state index contributed by atoms with van der Waals surface area (Å²) in [6.07, 6.45) is 8.37. The van der Waals surface area contributed by atoms with Gasteiger partial charge in [0.05, 0.1) is 23.1 Å². The van der Waals surface area contributed by atoms with Gasteiger partial charge in [-0.25, -0.2) is 9.97 Å². The standard InChI is InChI=1S/C27H38N6O2S/c1-3-4-8-21(28)26(35)31-22(17-19(2)34)20-9-10-24-23(18-20)30-25(27-29-11-16-36-27)33(24)15-14-32-12-6-5-7-13-32/h9-11,16,18,21-22H,3-8,12-15,17,28H2,1-2H3,(H,31,35)/t21-,22?/m0/s1. The largest absolute Gasteiger partial charge is 0.348 e. The van der Waals surface area contributed by atoms with Gasteiger partial charge >= 0.3 is 0 Å². The molecule has 36 heavy (non-hydrogen) atoms. The number of Topliss-reactive ketones (excluding diaryl/α,β-unsaturated/α-hetero) is 1. The lowest BCUT2D eigenvalue weighted by Crippen LogP contribution is -2.42. The molecule has 0 aliphatic carbocycles. The molecule has 0 bridgehead atoms. The number of amides is 1. The van der Waals surface area contributed by atoms with Gasteiger partial charge in [0.25, 0.3) is 0 Å². The van der Waals surface area contributed by atoms with Crippen molar-refractivity contribution in [1.82, 2.24) is 24.8 Å². The molecule has 1 fully saturated rings. The quantitative estimate of drug-likeness (QED) is 0.376. The van der Waals surface area contributed by atoms with E-state index in [2.05, 4.69) is 32.8 Å². The number of hydrogen-bond acceptors (Lipinski definition) is 7. The van der Waals surface area contributed by atoms with Crippen molar-refractivity contribution in [2.45, 2.75) is 77.4 Å². The van der Waals surface area contributed by atoms with E-state index in [4.69, 9.17) is 10.7 Å². The van der Waals surface area contributed by atoms with Crippen molar-refractivity contribution in [2.75, 3.05) is 19.6 Å². The lowest BCUT2D eigenvalue weighted by Gasteiger charge is -2.26. The topological polar surface area (TPSA) is 106 Å². The van der Waals surface area contributed by atoms with Crippen LogP contribution in [-0.2, 0) is 16.1 Å². The number of piperidine rings is 1. The van der Waals surface area contributed by atoms with E-state index in [1.165, 1.54) is 19.3 Å². The molecule has 4 rings (SSSR count). The van der Waals surface area contributed by atoms with Gasteiger partial charge in [-0.15, -0.1) is 11.3 Å². The smallest absolute Gasteiger partial charge is 0.237 e. The molecule has 9 heteroatoms. The molecule has 1 aliphatic heterocycles. The molecule has 1 unspecified atom stereocenters. The Hall–Kier alpha value is -2.62. The van der Waals surface area contributed by atoms with Crippen LogP contribution in [0.25, 0.3) is 21.9 Å². The Morgan fingerprint density at radius 2 is 2.00 bits per heavy atom. The molecule has 1 amide bonds. The first-order valence-electron chi connectivity index (χ1n) is 13.1. The SMILES string of the molecule is CCCC[C@H](N)C(=O)NC(CC(C)=O)c1ccc2c(c1)nc(-c1nccs1)n2CCN1CCCCC1. The van der Waals surface area contributed by atoms with Crippen molar-refractivity contribution < 1.29 is 9.59 Å². The lowest BCUT2D eigenvalue weighted by atomic mass is 10.00. The Kier molecular flexibility index (Phi) is 9.23. The Labute approximate surface area is 217 Å². The first kappa shape index (κ1) is 26.4. The molecule has 194 valence electrons. The van der Waals surface area contributed by atoms with Gasteiger partial charge in [0.1, 0.15) is 5.78 Å². The van der Waals surface area contributed by atoms with Crippen LogP contribution in [0.15, 0.2) is 29.8 Å². The van der Waals surface area contributed by atoms with Gasteiger partial charge in [0.2, 0.25) is 5.91 Å². The first-order chi connectivity index (χ1) is 17.5. The molecule has 8 nitrogen and oxygen atoms in total. The first-order valence-corrected chi connectivity index (χ1v) is 14.0. The van der Waals surface area contributed by atoms with Crippen molar-refractivity contribution in [3.8, 4) is 10.8 Å². The van der Waals surface area contributed by atoms with Crippen LogP contribution in [-0.4, -0.2) is 56.8 Å². The molecule has 0 spiro atoms. The molecular weight excluding hydrogens is 472 g/mol. The van der Waals surface area contributed by atoms with E-state index in [-0.39, 0.29) is 18.1 Å². The minimum absolute atomic E-state index is 0.0121.